The van der Waals surface area contributed by atoms with Gasteiger partial charge in [0.15, 0.2) is 0 Å². The molecule has 0 aliphatic rings. The molecule has 0 amide bonds. The van der Waals surface area contributed by atoms with E-state index in [4.69, 9.17) is 4.74 Å². The zero-order valence-corrected chi connectivity index (χ0v) is 12.6. The van der Waals surface area contributed by atoms with Crippen molar-refractivity contribution < 1.29 is 9.53 Å². The van der Waals surface area contributed by atoms with Crippen molar-refractivity contribution >= 4 is 14.0 Å². The lowest BCUT2D eigenvalue weighted by Crippen LogP contribution is -2.31. The molecule has 0 rings (SSSR count). The van der Waals surface area contributed by atoms with Gasteiger partial charge in [-0.15, -0.1) is 6.58 Å². The van der Waals surface area contributed by atoms with Gasteiger partial charge < -0.3 is 4.74 Å². The fourth-order valence-electron chi connectivity index (χ4n) is 2.04. The Kier molecular flexibility index (Phi) is 7.88. The fourth-order valence-corrected chi connectivity index (χ4v) is 5.53. The summed E-state index contributed by atoms with van der Waals surface area (Å²) in [5.74, 6) is -0.269. The fraction of sp³-hybridized carbons (Fsp3) is 0.643. The molecule has 0 atom stereocenters. The van der Waals surface area contributed by atoms with Crippen LogP contribution in [0.2, 0.25) is 24.2 Å². The van der Waals surface area contributed by atoms with E-state index in [-0.39, 0.29) is 5.97 Å². The Morgan fingerprint density at radius 1 is 1.35 bits per heavy atom. The Balaban J connectivity index is 4.02. The molecular weight excluding hydrogens is 228 g/mol. The quantitative estimate of drug-likeness (QED) is 0.203. The molecule has 0 spiro atoms. The van der Waals surface area contributed by atoms with Gasteiger partial charge in [-0.2, -0.15) is 0 Å². The summed E-state index contributed by atoms with van der Waals surface area (Å²) < 4.78 is 5.12. The molecule has 0 aromatic carbocycles. The second-order valence-electron chi connectivity index (χ2n) is 4.72. The van der Waals surface area contributed by atoms with Gasteiger partial charge in [0.05, 0.1) is 14.7 Å². The molecule has 0 saturated carbocycles. The maximum absolute atomic E-state index is 11.2. The van der Waals surface area contributed by atoms with E-state index in [9.17, 15) is 4.79 Å². The van der Waals surface area contributed by atoms with E-state index < -0.39 is 8.07 Å². The third-order valence-corrected chi connectivity index (χ3v) is 9.08. The lowest BCUT2D eigenvalue weighted by Gasteiger charge is -2.28. The highest BCUT2D eigenvalue weighted by Crippen LogP contribution is 2.27. The molecule has 0 heterocycles. The molecule has 0 aromatic rings. The van der Waals surface area contributed by atoms with Crippen molar-refractivity contribution in [1.82, 2.24) is 0 Å². The minimum atomic E-state index is -1.17. The van der Waals surface area contributed by atoms with Gasteiger partial charge in [0.1, 0.15) is 0 Å². The Morgan fingerprint density at radius 3 is 2.35 bits per heavy atom. The van der Waals surface area contributed by atoms with Crippen LogP contribution in [0.1, 0.15) is 27.2 Å². The number of esters is 1. The Morgan fingerprint density at radius 2 is 1.94 bits per heavy atom. The highest BCUT2D eigenvalue weighted by molar-refractivity contribution is 6.80. The smallest absolute Gasteiger partial charge is 0.333 e. The lowest BCUT2D eigenvalue weighted by molar-refractivity contribution is -0.138. The van der Waals surface area contributed by atoms with Crippen LogP contribution >= 0.6 is 0 Å². The summed E-state index contributed by atoms with van der Waals surface area (Å²) in [7, 11) is -1.17. The van der Waals surface area contributed by atoms with E-state index in [0.29, 0.717) is 12.2 Å². The van der Waals surface area contributed by atoms with Crippen LogP contribution in [0.3, 0.4) is 0 Å². The van der Waals surface area contributed by atoms with Crippen molar-refractivity contribution in [3.63, 3.8) is 0 Å². The van der Waals surface area contributed by atoms with E-state index in [0.717, 1.165) is 6.42 Å². The summed E-state index contributed by atoms with van der Waals surface area (Å²) in [6.45, 7) is 14.2. The average molecular weight is 254 g/mol. The SMILES string of the molecule is C=CC[Si](CC)(CC)CCCOC(=O)C(=C)C. The van der Waals surface area contributed by atoms with Gasteiger partial charge in [-0.05, 0) is 19.4 Å². The monoisotopic (exact) mass is 254 g/mol. The maximum atomic E-state index is 11.2. The van der Waals surface area contributed by atoms with Crippen LogP contribution in [0.4, 0.5) is 0 Å². The van der Waals surface area contributed by atoms with Crippen LogP contribution in [0.5, 0.6) is 0 Å². The molecule has 0 N–H and O–H groups in total. The first-order valence-corrected chi connectivity index (χ1v) is 9.27. The number of hydrogen-bond donors (Lipinski definition) is 0. The van der Waals surface area contributed by atoms with Gasteiger partial charge in [0.25, 0.3) is 0 Å². The van der Waals surface area contributed by atoms with Crippen molar-refractivity contribution in [1.29, 1.82) is 0 Å². The van der Waals surface area contributed by atoms with Crippen molar-refractivity contribution in [3.8, 4) is 0 Å². The van der Waals surface area contributed by atoms with E-state index in [2.05, 4.69) is 33.1 Å². The molecule has 0 fully saturated rings. The third kappa shape index (κ3) is 5.87. The van der Waals surface area contributed by atoms with Gasteiger partial charge >= 0.3 is 5.97 Å². The van der Waals surface area contributed by atoms with Crippen molar-refractivity contribution in [2.24, 2.45) is 0 Å². The summed E-state index contributed by atoms with van der Waals surface area (Å²) in [4.78, 5) is 11.2. The first kappa shape index (κ1) is 16.2. The van der Waals surface area contributed by atoms with Gasteiger partial charge in [-0.1, -0.05) is 44.6 Å². The molecule has 0 aliphatic heterocycles. The Labute approximate surface area is 107 Å². The van der Waals surface area contributed by atoms with Gasteiger partial charge in [-0.3, -0.25) is 0 Å². The minimum Gasteiger partial charge on any atom is -0.462 e. The molecule has 0 saturated heterocycles. The molecule has 0 radical (unpaired) electrons. The molecule has 0 bridgehead atoms. The van der Waals surface area contributed by atoms with Crippen LogP contribution in [0, 0.1) is 0 Å². The molecule has 2 nitrogen and oxygen atoms in total. The number of rotatable bonds is 9. The number of carbonyl (C=O) groups is 1. The molecule has 0 aromatic heterocycles. The first-order chi connectivity index (χ1) is 8.01. The molecule has 3 heteroatoms. The Hall–Kier alpha value is -0.833. The molecule has 0 aliphatic carbocycles. The van der Waals surface area contributed by atoms with Gasteiger partial charge in [0, 0.05) is 5.57 Å². The summed E-state index contributed by atoms with van der Waals surface area (Å²) in [6, 6.07) is 4.96. The van der Waals surface area contributed by atoms with Crippen molar-refractivity contribution in [2.75, 3.05) is 6.61 Å². The highest BCUT2D eigenvalue weighted by atomic mass is 28.3. The van der Waals surface area contributed by atoms with Crippen LogP contribution < -0.4 is 0 Å². The van der Waals surface area contributed by atoms with E-state index >= 15 is 0 Å². The summed E-state index contributed by atoms with van der Waals surface area (Å²) in [5, 5.41) is 0. The van der Waals surface area contributed by atoms with Crippen LogP contribution in [-0.4, -0.2) is 20.7 Å². The van der Waals surface area contributed by atoms with Crippen LogP contribution in [0.15, 0.2) is 24.8 Å². The number of carbonyl (C=O) groups excluding carboxylic acids is 1. The Bertz CT molecular complexity index is 267. The van der Waals surface area contributed by atoms with Gasteiger partial charge in [-0.25, -0.2) is 4.79 Å². The molecule has 17 heavy (non-hydrogen) atoms. The van der Waals surface area contributed by atoms with Crippen molar-refractivity contribution in [2.45, 2.75) is 51.4 Å². The van der Waals surface area contributed by atoms with E-state index in [1.807, 2.05) is 0 Å². The molecular formula is C14H26O2Si. The first-order valence-electron chi connectivity index (χ1n) is 6.45. The number of ether oxygens (including phenoxy) is 1. The number of hydrogen-bond acceptors (Lipinski definition) is 2. The topological polar surface area (TPSA) is 26.3 Å². The second-order valence-corrected chi connectivity index (χ2v) is 10.0. The molecule has 0 unspecified atom stereocenters. The average Bonchev–Trinajstić information content (AvgIpc) is 2.32. The summed E-state index contributed by atoms with van der Waals surface area (Å²) in [6.07, 6.45) is 3.03. The standard InChI is InChI=1S/C14H26O2Si/c1-6-11-17(7-2,8-3)12-9-10-16-14(15)13(4)5/h6H,1,4,7-12H2,2-3,5H3. The second kappa shape index (κ2) is 8.29. The zero-order valence-electron chi connectivity index (χ0n) is 11.6. The van der Waals surface area contributed by atoms with Crippen LogP contribution in [-0.2, 0) is 9.53 Å². The lowest BCUT2D eigenvalue weighted by atomic mass is 10.4. The number of allylic oxidation sites excluding steroid dienone is 1. The minimum absolute atomic E-state index is 0.269. The summed E-state index contributed by atoms with van der Waals surface area (Å²) >= 11 is 0. The largest absolute Gasteiger partial charge is 0.462 e. The maximum Gasteiger partial charge on any atom is 0.333 e. The zero-order chi connectivity index (χ0) is 13.3. The predicted octanol–water partition coefficient (Wildman–Crippen LogP) is 4.17. The van der Waals surface area contributed by atoms with Crippen LogP contribution in [0.25, 0.3) is 0 Å². The van der Waals surface area contributed by atoms with Crippen molar-refractivity contribution in [3.05, 3.63) is 24.8 Å². The highest BCUT2D eigenvalue weighted by Gasteiger charge is 2.26. The van der Waals surface area contributed by atoms with E-state index in [1.54, 1.807) is 6.92 Å². The summed E-state index contributed by atoms with van der Waals surface area (Å²) in [5.41, 5.74) is 0.477. The third-order valence-electron chi connectivity index (χ3n) is 3.51. The predicted molar refractivity (Wildman–Crippen MR) is 76.9 cm³/mol. The van der Waals surface area contributed by atoms with E-state index in [1.165, 1.54) is 24.2 Å². The normalized spacial score (nSPS) is 11.0. The van der Waals surface area contributed by atoms with Gasteiger partial charge in [0.2, 0.25) is 0 Å². The molecule has 98 valence electrons.